The Kier molecular flexibility index (Phi) is 7.68. The van der Waals surface area contributed by atoms with Gasteiger partial charge in [0.05, 0.1) is 19.6 Å². The fraction of sp³-hybridized carbons (Fsp3) is 0.680. The molecule has 0 aromatic heterocycles. The van der Waals surface area contributed by atoms with E-state index in [4.69, 9.17) is 9.47 Å². The van der Waals surface area contributed by atoms with Gasteiger partial charge in [0.2, 0.25) is 11.8 Å². The van der Waals surface area contributed by atoms with Gasteiger partial charge in [-0.25, -0.2) is 0 Å². The van der Waals surface area contributed by atoms with Crippen molar-refractivity contribution < 1.29 is 19.1 Å². The summed E-state index contributed by atoms with van der Waals surface area (Å²) in [6.45, 7) is 4.72. The summed E-state index contributed by atoms with van der Waals surface area (Å²) < 4.78 is 10.5. The van der Waals surface area contributed by atoms with E-state index in [-0.39, 0.29) is 24.2 Å². The van der Waals surface area contributed by atoms with E-state index in [0.717, 1.165) is 18.0 Å². The van der Waals surface area contributed by atoms with Gasteiger partial charge in [0.25, 0.3) is 0 Å². The molecule has 0 aliphatic carbocycles. The van der Waals surface area contributed by atoms with Crippen LogP contribution in [-0.4, -0.2) is 81.2 Å². The Balaban J connectivity index is 1.43. The zero-order valence-corrected chi connectivity index (χ0v) is 19.5. The van der Waals surface area contributed by atoms with Crippen LogP contribution < -0.4 is 9.64 Å². The monoisotopic (exact) mass is 443 g/mol. The van der Waals surface area contributed by atoms with Crippen LogP contribution in [0.5, 0.6) is 5.75 Å². The second-order valence-corrected chi connectivity index (χ2v) is 9.38. The largest absolute Gasteiger partial charge is 0.497 e. The molecule has 7 nitrogen and oxygen atoms in total. The van der Waals surface area contributed by atoms with E-state index in [1.54, 1.807) is 19.1 Å². The first kappa shape index (κ1) is 23.1. The minimum atomic E-state index is -0.299. The number of nitrogens with zero attached hydrogens (tertiary/aromatic N) is 3. The fourth-order valence-corrected chi connectivity index (χ4v) is 5.71. The number of hydrogen-bond acceptors (Lipinski definition) is 5. The molecule has 1 aromatic carbocycles. The molecule has 3 fully saturated rings. The van der Waals surface area contributed by atoms with Gasteiger partial charge in [-0.1, -0.05) is 6.42 Å². The van der Waals surface area contributed by atoms with Gasteiger partial charge in [0.15, 0.2) is 0 Å². The van der Waals surface area contributed by atoms with Crippen molar-refractivity contribution in [3.8, 4) is 5.75 Å². The van der Waals surface area contributed by atoms with Crippen molar-refractivity contribution in [2.45, 2.75) is 44.6 Å². The van der Waals surface area contributed by atoms with Gasteiger partial charge in [-0.15, -0.1) is 0 Å². The summed E-state index contributed by atoms with van der Waals surface area (Å²) in [4.78, 5) is 32.7. The Labute approximate surface area is 191 Å². The maximum Gasteiger partial charge on any atom is 0.228 e. The maximum absolute atomic E-state index is 13.6. The second-order valence-electron chi connectivity index (χ2n) is 9.38. The van der Waals surface area contributed by atoms with Gasteiger partial charge in [-0.3, -0.25) is 9.59 Å². The highest BCUT2D eigenvalue weighted by Crippen LogP contribution is 2.33. The number of anilines is 1. The van der Waals surface area contributed by atoms with Crippen molar-refractivity contribution >= 4 is 17.5 Å². The number of ether oxygens (including phenoxy) is 2. The average molecular weight is 444 g/mol. The highest BCUT2D eigenvalue weighted by molar-refractivity contribution is 6.00. The molecule has 176 valence electrons. The molecule has 3 atom stereocenters. The summed E-state index contributed by atoms with van der Waals surface area (Å²) >= 11 is 0. The van der Waals surface area contributed by atoms with E-state index in [9.17, 15) is 9.59 Å². The minimum Gasteiger partial charge on any atom is -0.497 e. The number of fused-ring (bicyclic) bond motifs is 1. The molecular weight excluding hydrogens is 406 g/mol. The molecule has 3 aliphatic heterocycles. The van der Waals surface area contributed by atoms with E-state index in [0.29, 0.717) is 31.7 Å². The van der Waals surface area contributed by atoms with E-state index >= 15 is 0 Å². The SMILES string of the molecule is COCCN(C[C@@H]1CCCN2CCCC[C@@H]12)C(=O)[C@H]1CC(=O)N(c2ccc(OC)cc2)C1. The van der Waals surface area contributed by atoms with Crippen molar-refractivity contribution in [1.82, 2.24) is 9.80 Å². The molecule has 3 heterocycles. The third-order valence-corrected chi connectivity index (χ3v) is 7.42. The molecule has 32 heavy (non-hydrogen) atoms. The van der Waals surface area contributed by atoms with Gasteiger partial charge in [0.1, 0.15) is 5.75 Å². The predicted octanol–water partition coefficient (Wildman–Crippen LogP) is 2.79. The summed E-state index contributed by atoms with van der Waals surface area (Å²) in [7, 11) is 3.30. The van der Waals surface area contributed by atoms with Crippen LogP contribution in [-0.2, 0) is 14.3 Å². The molecule has 0 N–H and O–H groups in total. The Morgan fingerprint density at radius 3 is 2.62 bits per heavy atom. The first-order valence-corrected chi connectivity index (χ1v) is 12.1. The molecule has 0 bridgehead atoms. The zero-order valence-electron chi connectivity index (χ0n) is 19.5. The van der Waals surface area contributed by atoms with Crippen molar-refractivity contribution in [3.05, 3.63) is 24.3 Å². The van der Waals surface area contributed by atoms with Gasteiger partial charge in [0, 0.05) is 44.9 Å². The lowest BCUT2D eigenvalue weighted by Gasteiger charge is -2.46. The van der Waals surface area contributed by atoms with Crippen LogP contribution in [0.1, 0.15) is 38.5 Å². The maximum atomic E-state index is 13.6. The fourth-order valence-electron chi connectivity index (χ4n) is 5.71. The molecule has 3 aliphatic rings. The lowest BCUT2D eigenvalue weighted by Crippen LogP contribution is -2.52. The first-order valence-electron chi connectivity index (χ1n) is 12.1. The molecule has 0 saturated carbocycles. The van der Waals surface area contributed by atoms with Gasteiger partial charge < -0.3 is 24.2 Å². The summed E-state index contributed by atoms with van der Waals surface area (Å²) in [5.74, 6) is 1.07. The number of benzene rings is 1. The van der Waals surface area contributed by atoms with Gasteiger partial charge >= 0.3 is 0 Å². The highest BCUT2D eigenvalue weighted by atomic mass is 16.5. The minimum absolute atomic E-state index is 0.0105. The third-order valence-electron chi connectivity index (χ3n) is 7.42. The number of rotatable bonds is 8. The number of carbonyl (C=O) groups excluding carboxylic acids is 2. The molecule has 3 saturated heterocycles. The molecule has 0 radical (unpaired) electrons. The topological polar surface area (TPSA) is 62.3 Å². The molecule has 0 spiro atoms. The quantitative estimate of drug-likeness (QED) is 0.618. The predicted molar refractivity (Wildman–Crippen MR) is 124 cm³/mol. The van der Waals surface area contributed by atoms with E-state index in [1.807, 2.05) is 29.2 Å². The normalized spacial score (nSPS) is 26.1. The summed E-state index contributed by atoms with van der Waals surface area (Å²) in [6.07, 6.45) is 6.48. The second kappa shape index (κ2) is 10.7. The number of carbonyl (C=O) groups is 2. The van der Waals surface area contributed by atoms with Crippen LogP contribution in [0.4, 0.5) is 5.69 Å². The van der Waals surface area contributed by atoms with Crippen LogP contribution in [0.15, 0.2) is 24.3 Å². The number of piperidine rings is 2. The van der Waals surface area contributed by atoms with Crippen molar-refractivity contribution in [2.24, 2.45) is 11.8 Å². The molecule has 2 amide bonds. The average Bonchev–Trinajstić information content (AvgIpc) is 3.23. The van der Waals surface area contributed by atoms with Crippen LogP contribution in [0.2, 0.25) is 0 Å². The molecule has 4 rings (SSSR count). The van der Waals surface area contributed by atoms with Crippen molar-refractivity contribution in [2.75, 3.05) is 58.5 Å². The Morgan fingerprint density at radius 1 is 1.09 bits per heavy atom. The summed E-state index contributed by atoms with van der Waals surface area (Å²) in [5, 5.41) is 0. The van der Waals surface area contributed by atoms with Crippen LogP contribution in [0.25, 0.3) is 0 Å². The van der Waals surface area contributed by atoms with Gasteiger partial charge in [-0.05, 0) is 69.0 Å². The Morgan fingerprint density at radius 2 is 1.88 bits per heavy atom. The summed E-state index contributed by atoms with van der Waals surface area (Å²) in [5.41, 5.74) is 0.819. The smallest absolute Gasteiger partial charge is 0.228 e. The molecule has 1 aromatic rings. The molecule has 7 heteroatoms. The Bertz CT molecular complexity index is 782. The Hall–Kier alpha value is -2.12. The van der Waals surface area contributed by atoms with E-state index in [1.165, 1.54) is 45.2 Å². The summed E-state index contributed by atoms with van der Waals surface area (Å²) in [6, 6.07) is 8.05. The molecule has 0 unspecified atom stereocenters. The lowest BCUT2D eigenvalue weighted by atomic mass is 9.83. The highest BCUT2D eigenvalue weighted by Gasteiger charge is 2.39. The number of hydrogen-bond donors (Lipinski definition) is 0. The molecular formula is C25H37N3O4. The van der Waals surface area contributed by atoms with Crippen LogP contribution >= 0.6 is 0 Å². The van der Waals surface area contributed by atoms with Crippen LogP contribution in [0, 0.1) is 11.8 Å². The van der Waals surface area contributed by atoms with E-state index < -0.39 is 0 Å². The van der Waals surface area contributed by atoms with Crippen LogP contribution in [0.3, 0.4) is 0 Å². The van der Waals surface area contributed by atoms with Gasteiger partial charge in [-0.2, -0.15) is 0 Å². The third kappa shape index (κ3) is 5.09. The number of amides is 2. The first-order chi connectivity index (χ1) is 15.6. The van der Waals surface area contributed by atoms with Crippen molar-refractivity contribution in [3.63, 3.8) is 0 Å². The zero-order chi connectivity index (χ0) is 22.5. The lowest BCUT2D eigenvalue weighted by molar-refractivity contribution is -0.137. The standard InChI is InChI=1S/C25H37N3O4/c1-31-15-14-27(17-19-6-5-13-26-12-4-3-7-23(19)26)25(30)20-16-24(29)28(18-20)21-8-10-22(32-2)11-9-21/h8-11,19-20,23H,3-7,12-18H2,1-2H3/t19-,20-,23-/m0/s1. The number of methoxy groups -OCH3 is 2. The van der Waals surface area contributed by atoms with Crippen molar-refractivity contribution in [1.29, 1.82) is 0 Å². The van der Waals surface area contributed by atoms with E-state index in [2.05, 4.69) is 4.90 Å².